The summed E-state index contributed by atoms with van der Waals surface area (Å²) in [7, 11) is 0. The number of hydrogen-bond acceptors (Lipinski definition) is 5. The second kappa shape index (κ2) is 7.91. The number of benzene rings is 1. The molecule has 0 saturated heterocycles. The van der Waals surface area contributed by atoms with Gasteiger partial charge in [0, 0.05) is 23.5 Å². The van der Waals surface area contributed by atoms with E-state index in [0.29, 0.717) is 18.6 Å². The highest BCUT2D eigenvalue weighted by atomic mass is 19.2. The van der Waals surface area contributed by atoms with Crippen LogP contribution >= 0.6 is 0 Å². The average molecular weight is 354 g/mol. The minimum atomic E-state index is -1.07. The van der Waals surface area contributed by atoms with Gasteiger partial charge in [-0.15, -0.1) is 0 Å². The van der Waals surface area contributed by atoms with Gasteiger partial charge in [0.05, 0.1) is 18.4 Å². The van der Waals surface area contributed by atoms with Gasteiger partial charge in [-0.25, -0.2) is 4.39 Å². The van der Waals surface area contributed by atoms with Crippen LogP contribution in [0.4, 0.5) is 8.78 Å². The molecule has 1 aliphatic rings. The van der Waals surface area contributed by atoms with Gasteiger partial charge in [-0.1, -0.05) is 20.8 Å². The molecule has 7 heteroatoms. The van der Waals surface area contributed by atoms with Crippen molar-refractivity contribution >= 4 is 12.0 Å². The zero-order valence-electron chi connectivity index (χ0n) is 14.7. The van der Waals surface area contributed by atoms with Gasteiger partial charge in [0.1, 0.15) is 6.29 Å². The number of rotatable bonds is 7. The SMILES string of the molecule is CC1CC(C=O)NN=C1c1ccc(OCC(C)(C)CCO)c(F)c1F. The van der Waals surface area contributed by atoms with E-state index in [4.69, 9.17) is 9.84 Å². The summed E-state index contributed by atoms with van der Waals surface area (Å²) in [5.74, 6) is -2.44. The lowest BCUT2D eigenvalue weighted by Crippen LogP contribution is -2.37. The van der Waals surface area contributed by atoms with Crippen molar-refractivity contribution in [2.24, 2.45) is 16.4 Å². The molecule has 0 aliphatic carbocycles. The highest BCUT2D eigenvalue weighted by Gasteiger charge is 2.27. The molecule has 138 valence electrons. The summed E-state index contributed by atoms with van der Waals surface area (Å²) < 4.78 is 34.3. The Hall–Kier alpha value is -2.02. The van der Waals surface area contributed by atoms with Crippen LogP contribution in [0.2, 0.25) is 0 Å². The number of aliphatic hydroxyl groups is 1. The molecule has 2 N–H and O–H groups in total. The summed E-state index contributed by atoms with van der Waals surface area (Å²) in [4.78, 5) is 10.8. The Morgan fingerprint density at radius 1 is 1.40 bits per heavy atom. The fourth-order valence-electron chi connectivity index (χ4n) is 2.71. The number of ether oxygens (including phenoxy) is 1. The van der Waals surface area contributed by atoms with Crippen LogP contribution in [0.15, 0.2) is 17.2 Å². The molecule has 0 saturated carbocycles. The van der Waals surface area contributed by atoms with E-state index < -0.39 is 17.7 Å². The molecule has 25 heavy (non-hydrogen) atoms. The monoisotopic (exact) mass is 354 g/mol. The van der Waals surface area contributed by atoms with Crippen LogP contribution in [0.3, 0.4) is 0 Å². The van der Waals surface area contributed by atoms with Crippen molar-refractivity contribution in [3.05, 3.63) is 29.3 Å². The van der Waals surface area contributed by atoms with E-state index in [2.05, 4.69) is 10.5 Å². The third kappa shape index (κ3) is 4.54. The molecule has 0 radical (unpaired) electrons. The molecule has 1 aliphatic heterocycles. The third-order valence-electron chi connectivity index (χ3n) is 4.32. The highest BCUT2D eigenvalue weighted by molar-refractivity contribution is 6.03. The van der Waals surface area contributed by atoms with E-state index >= 15 is 0 Å². The molecule has 1 aromatic carbocycles. The lowest BCUT2D eigenvalue weighted by atomic mass is 9.90. The predicted molar refractivity (Wildman–Crippen MR) is 90.6 cm³/mol. The Morgan fingerprint density at radius 2 is 2.12 bits per heavy atom. The summed E-state index contributed by atoms with van der Waals surface area (Å²) in [6.07, 6.45) is 1.71. The second-order valence-corrected chi connectivity index (χ2v) is 7.17. The number of aldehydes is 1. The van der Waals surface area contributed by atoms with E-state index in [-0.39, 0.29) is 35.9 Å². The van der Waals surface area contributed by atoms with Crippen LogP contribution in [0.5, 0.6) is 5.75 Å². The summed E-state index contributed by atoms with van der Waals surface area (Å²) in [6, 6.07) is 2.40. The normalized spacial score (nSPS) is 20.6. The fourth-order valence-corrected chi connectivity index (χ4v) is 2.71. The summed E-state index contributed by atoms with van der Waals surface area (Å²) >= 11 is 0. The fraction of sp³-hybridized carbons (Fsp3) is 0.556. The van der Waals surface area contributed by atoms with Gasteiger partial charge >= 0.3 is 0 Å². The smallest absolute Gasteiger partial charge is 0.201 e. The molecule has 1 heterocycles. The van der Waals surface area contributed by atoms with Gasteiger partial charge in [-0.3, -0.25) is 5.43 Å². The zero-order chi connectivity index (χ0) is 18.6. The van der Waals surface area contributed by atoms with Gasteiger partial charge in [0.25, 0.3) is 0 Å². The topological polar surface area (TPSA) is 70.9 Å². The van der Waals surface area contributed by atoms with Crippen LogP contribution in [-0.2, 0) is 4.79 Å². The average Bonchev–Trinajstić information content (AvgIpc) is 2.56. The Morgan fingerprint density at radius 3 is 2.72 bits per heavy atom. The first-order chi connectivity index (χ1) is 11.8. The van der Waals surface area contributed by atoms with Gasteiger partial charge in [-0.05, 0) is 25.0 Å². The minimum absolute atomic E-state index is 0.00135. The summed E-state index contributed by atoms with van der Waals surface area (Å²) in [6.45, 7) is 5.72. The first-order valence-corrected chi connectivity index (χ1v) is 8.29. The van der Waals surface area contributed by atoms with Gasteiger partial charge in [-0.2, -0.15) is 9.49 Å². The minimum Gasteiger partial charge on any atom is -0.490 e. The maximum absolute atomic E-state index is 14.5. The van der Waals surface area contributed by atoms with Crippen LogP contribution < -0.4 is 10.2 Å². The van der Waals surface area contributed by atoms with Crippen LogP contribution in [0.25, 0.3) is 0 Å². The molecule has 0 aromatic heterocycles. The molecular formula is C18H24F2N2O3. The zero-order valence-corrected chi connectivity index (χ0v) is 14.7. The first-order valence-electron chi connectivity index (χ1n) is 8.29. The number of hydrazone groups is 1. The Labute approximate surface area is 146 Å². The van der Waals surface area contributed by atoms with E-state index in [0.717, 1.165) is 6.29 Å². The molecule has 0 spiro atoms. The number of halogens is 2. The van der Waals surface area contributed by atoms with E-state index in [9.17, 15) is 13.6 Å². The van der Waals surface area contributed by atoms with E-state index in [1.54, 1.807) is 0 Å². The Bertz CT molecular complexity index is 662. The molecule has 0 bridgehead atoms. The number of nitrogens with one attached hydrogen (secondary N) is 1. The molecule has 0 fully saturated rings. The van der Waals surface area contributed by atoms with Crippen LogP contribution in [0.1, 0.15) is 39.2 Å². The van der Waals surface area contributed by atoms with Crippen molar-refractivity contribution in [2.45, 2.75) is 39.7 Å². The second-order valence-electron chi connectivity index (χ2n) is 7.17. The maximum atomic E-state index is 14.5. The molecule has 2 atom stereocenters. The largest absolute Gasteiger partial charge is 0.490 e. The quantitative estimate of drug-likeness (QED) is 0.739. The van der Waals surface area contributed by atoms with Crippen molar-refractivity contribution in [3.63, 3.8) is 0 Å². The molecular weight excluding hydrogens is 330 g/mol. The number of nitrogens with zero attached hydrogens (tertiary/aromatic N) is 1. The van der Waals surface area contributed by atoms with Crippen molar-refractivity contribution in [1.29, 1.82) is 0 Å². The molecule has 2 rings (SSSR count). The van der Waals surface area contributed by atoms with Crippen molar-refractivity contribution in [3.8, 4) is 5.75 Å². The standard InChI is InChI=1S/C18H24F2N2O3/c1-11-8-12(9-24)21-22-17(11)13-4-5-14(16(20)15(13)19)25-10-18(2,3)6-7-23/h4-5,9,11-12,21,23H,6-8,10H2,1-3H3. The van der Waals surface area contributed by atoms with E-state index in [1.807, 2.05) is 20.8 Å². The molecule has 1 aromatic rings. The third-order valence-corrected chi connectivity index (χ3v) is 4.32. The molecule has 2 unspecified atom stereocenters. The van der Waals surface area contributed by atoms with Gasteiger partial charge < -0.3 is 14.6 Å². The predicted octanol–water partition coefficient (Wildman–Crippen LogP) is 2.65. The lowest BCUT2D eigenvalue weighted by molar-refractivity contribution is -0.109. The van der Waals surface area contributed by atoms with Crippen molar-refractivity contribution < 1.29 is 23.4 Å². The van der Waals surface area contributed by atoms with Crippen LogP contribution in [0, 0.1) is 23.0 Å². The maximum Gasteiger partial charge on any atom is 0.201 e. The number of carbonyl (C=O) groups excluding carboxylic acids is 1. The Balaban J connectivity index is 2.20. The first kappa shape index (κ1) is 19.3. The molecule has 0 amide bonds. The van der Waals surface area contributed by atoms with Crippen molar-refractivity contribution in [2.75, 3.05) is 13.2 Å². The van der Waals surface area contributed by atoms with E-state index in [1.165, 1.54) is 12.1 Å². The number of aliphatic hydroxyl groups excluding tert-OH is 1. The lowest BCUT2D eigenvalue weighted by Gasteiger charge is -2.26. The van der Waals surface area contributed by atoms with Gasteiger partial charge in [0.2, 0.25) is 5.82 Å². The van der Waals surface area contributed by atoms with Crippen molar-refractivity contribution in [1.82, 2.24) is 5.43 Å². The van der Waals surface area contributed by atoms with Gasteiger partial charge in [0.15, 0.2) is 11.6 Å². The van der Waals surface area contributed by atoms with Crippen LogP contribution in [-0.4, -0.2) is 36.4 Å². The summed E-state index contributed by atoms with van der Waals surface area (Å²) in [5, 5.41) is 13.0. The Kier molecular flexibility index (Phi) is 6.11. The number of carbonyl (C=O) groups is 1. The highest BCUT2D eigenvalue weighted by Crippen LogP contribution is 2.29. The number of hydrogen-bond donors (Lipinski definition) is 2. The molecule has 5 nitrogen and oxygen atoms in total. The summed E-state index contributed by atoms with van der Waals surface area (Å²) in [5.41, 5.74) is 2.72.